The molecule has 1 aliphatic carbocycles. The number of nitrogens with one attached hydrogen (secondary N) is 1. The van der Waals surface area contributed by atoms with Gasteiger partial charge in [0.05, 0.1) is 0 Å². The van der Waals surface area contributed by atoms with Crippen LogP contribution in [0.2, 0.25) is 0 Å². The molecule has 1 aromatic heterocycles. The Hall–Kier alpha value is -1.94. The van der Waals surface area contributed by atoms with Crippen LogP contribution in [0.25, 0.3) is 0 Å². The zero-order valence-electron chi connectivity index (χ0n) is 12.2. The molecule has 0 fully saturated rings. The summed E-state index contributed by atoms with van der Waals surface area (Å²) in [6, 6.07) is 8.64. The Morgan fingerprint density at radius 1 is 1.05 bits per heavy atom. The van der Waals surface area contributed by atoms with Gasteiger partial charge >= 0.3 is 0 Å². The Labute approximate surface area is 125 Å². The molecule has 0 spiro atoms. The van der Waals surface area contributed by atoms with E-state index in [4.69, 9.17) is 0 Å². The summed E-state index contributed by atoms with van der Waals surface area (Å²) in [5, 5.41) is 3.50. The number of aryl methyl sites for hydroxylation is 1. The van der Waals surface area contributed by atoms with E-state index in [1.807, 2.05) is 0 Å². The zero-order valence-corrected chi connectivity index (χ0v) is 12.2. The zero-order chi connectivity index (χ0) is 14.1. The van der Waals surface area contributed by atoms with Crippen molar-refractivity contribution in [3.8, 4) is 0 Å². The van der Waals surface area contributed by atoms with Crippen LogP contribution in [0.15, 0.2) is 30.6 Å². The minimum atomic E-state index is 0.931. The first-order chi connectivity index (χ1) is 10.4. The van der Waals surface area contributed by atoms with Crippen LogP contribution >= 0.6 is 0 Å². The Morgan fingerprint density at radius 2 is 1.95 bits per heavy atom. The van der Waals surface area contributed by atoms with E-state index in [0.29, 0.717) is 0 Å². The van der Waals surface area contributed by atoms with Gasteiger partial charge in [0.25, 0.3) is 0 Å². The molecule has 0 bridgehead atoms. The van der Waals surface area contributed by atoms with Crippen LogP contribution in [-0.2, 0) is 19.4 Å². The molecule has 0 saturated heterocycles. The van der Waals surface area contributed by atoms with Gasteiger partial charge in [-0.05, 0) is 37.3 Å². The number of hydrogen-bond donors (Lipinski definition) is 1. The molecule has 0 amide bonds. The number of nitrogens with zero attached hydrogens (tertiary/aromatic N) is 3. The number of aromatic nitrogens is 2. The van der Waals surface area contributed by atoms with Gasteiger partial charge in [-0.25, -0.2) is 9.97 Å². The summed E-state index contributed by atoms with van der Waals surface area (Å²) in [5.41, 5.74) is 5.24. The second kappa shape index (κ2) is 5.45. The molecule has 0 saturated carbocycles. The molecule has 0 radical (unpaired) electrons. The molecule has 0 atom stereocenters. The van der Waals surface area contributed by atoms with E-state index in [2.05, 4.69) is 44.5 Å². The summed E-state index contributed by atoms with van der Waals surface area (Å²) >= 11 is 0. The van der Waals surface area contributed by atoms with E-state index >= 15 is 0 Å². The second-order valence-corrected chi connectivity index (χ2v) is 5.79. The highest BCUT2D eigenvalue weighted by molar-refractivity contribution is 5.67. The monoisotopic (exact) mass is 280 g/mol. The Morgan fingerprint density at radius 3 is 2.95 bits per heavy atom. The molecule has 108 valence electrons. The van der Waals surface area contributed by atoms with Crippen molar-refractivity contribution in [2.75, 3.05) is 18.0 Å². The molecule has 2 aromatic rings. The van der Waals surface area contributed by atoms with Crippen molar-refractivity contribution in [3.05, 3.63) is 47.4 Å². The minimum Gasteiger partial charge on any atom is -0.324 e. The number of anilines is 2. The molecule has 2 heterocycles. The molecule has 1 aliphatic heterocycles. The van der Waals surface area contributed by atoms with E-state index in [1.54, 1.807) is 6.33 Å². The SMILES string of the molecule is c1ccc2c(c1)CNCCN2c1ncnc2c1CCCC2. The number of hydrogen-bond acceptors (Lipinski definition) is 4. The third-order valence-electron chi connectivity index (χ3n) is 4.47. The van der Waals surface area contributed by atoms with Crippen LogP contribution in [0.3, 0.4) is 0 Å². The Kier molecular flexibility index (Phi) is 3.31. The van der Waals surface area contributed by atoms with Crippen LogP contribution in [-0.4, -0.2) is 23.1 Å². The van der Waals surface area contributed by atoms with Crippen LogP contribution < -0.4 is 10.2 Å². The van der Waals surface area contributed by atoms with Crippen molar-refractivity contribution in [2.45, 2.75) is 32.2 Å². The van der Waals surface area contributed by atoms with E-state index in [0.717, 1.165) is 38.3 Å². The van der Waals surface area contributed by atoms with Crippen LogP contribution in [0.1, 0.15) is 29.7 Å². The first-order valence-electron chi connectivity index (χ1n) is 7.82. The van der Waals surface area contributed by atoms with Gasteiger partial charge in [-0.3, -0.25) is 0 Å². The summed E-state index contributed by atoms with van der Waals surface area (Å²) in [6.07, 6.45) is 6.44. The van der Waals surface area contributed by atoms with E-state index in [1.165, 1.54) is 35.3 Å². The smallest absolute Gasteiger partial charge is 0.139 e. The van der Waals surface area contributed by atoms with Gasteiger partial charge in [-0.1, -0.05) is 18.2 Å². The Balaban J connectivity index is 1.83. The maximum absolute atomic E-state index is 4.64. The Bertz CT molecular complexity index is 653. The average molecular weight is 280 g/mol. The molecule has 1 N–H and O–H groups in total. The van der Waals surface area contributed by atoms with Crippen molar-refractivity contribution < 1.29 is 0 Å². The molecular weight excluding hydrogens is 260 g/mol. The first kappa shape index (κ1) is 12.8. The molecule has 4 rings (SSSR count). The van der Waals surface area contributed by atoms with Gasteiger partial charge in [0, 0.05) is 36.6 Å². The van der Waals surface area contributed by atoms with Gasteiger partial charge in [-0.2, -0.15) is 0 Å². The lowest BCUT2D eigenvalue weighted by Crippen LogP contribution is -2.27. The van der Waals surface area contributed by atoms with E-state index in [-0.39, 0.29) is 0 Å². The lowest BCUT2D eigenvalue weighted by atomic mass is 9.96. The topological polar surface area (TPSA) is 41.0 Å². The normalized spacial score (nSPS) is 17.8. The van der Waals surface area contributed by atoms with Crippen molar-refractivity contribution in [3.63, 3.8) is 0 Å². The van der Waals surface area contributed by atoms with Gasteiger partial charge in [0.1, 0.15) is 12.1 Å². The van der Waals surface area contributed by atoms with Gasteiger partial charge in [-0.15, -0.1) is 0 Å². The fraction of sp³-hybridized carbons (Fsp3) is 0.412. The highest BCUT2D eigenvalue weighted by atomic mass is 15.2. The average Bonchev–Trinajstić information content (AvgIpc) is 2.77. The fourth-order valence-corrected chi connectivity index (χ4v) is 3.41. The minimum absolute atomic E-state index is 0.931. The summed E-state index contributed by atoms with van der Waals surface area (Å²) in [7, 11) is 0. The van der Waals surface area contributed by atoms with E-state index in [9.17, 15) is 0 Å². The largest absolute Gasteiger partial charge is 0.324 e. The van der Waals surface area contributed by atoms with Gasteiger partial charge < -0.3 is 10.2 Å². The maximum Gasteiger partial charge on any atom is 0.139 e. The third kappa shape index (κ3) is 2.29. The number of fused-ring (bicyclic) bond motifs is 2. The summed E-state index contributed by atoms with van der Waals surface area (Å²) < 4.78 is 0. The van der Waals surface area contributed by atoms with Gasteiger partial charge in [0.2, 0.25) is 0 Å². The van der Waals surface area contributed by atoms with Crippen LogP contribution in [0.4, 0.5) is 11.5 Å². The van der Waals surface area contributed by atoms with Crippen molar-refractivity contribution in [1.29, 1.82) is 0 Å². The lowest BCUT2D eigenvalue weighted by Gasteiger charge is -2.28. The summed E-state index contributed by atoms with van der Waals surface area (Å²) in [4.78, 5) is 11.5. The summed E-state index contributed by atoms with van der Waals surface area (Å²) in [5.74, 6) is 1.12. The second-order valence-electron chi connectivity index (χ2n) is 5.79. The van der Waals surface area contributed by atoms with E-state index < -0.39 is 0 Å². The van der Waals surface area contributed by atoms with Crippen molar-refractivity contribution in [1.82, 2.24) is 15.3 Å². The fourth-order valence-electron chi connectivity index (χ4n) is 3.41. The molecule has 4 heteroatoms. The maximum atomic E-state index is 4.64. The predicted octanol–water partition coefficient (Wildman–Crippen LogP) is 2.60. The molecular formula is C17H20N4. The van der Waals surface area contributed by atoms with Crippen molar-refractivity contribution in [2.24, 2.45) is 0 Å². The number of para-hydroxylation sites is 1. The number of benzene rings is 1. The van der Waals surface area contributed by atoms with Gasteiger partial charge in [0.15, 0.2) is 0 Å². The molecule has 4 nitrogen and oxygen atoms in total. The first-order valence-corrected chi connectivity index (χ1v) is 7.82. The highest BCUT2D eigenvalue weighted by Gasteiger charge is 2.23. The summed E-state index contributed by atoms with van der Waals surface area (Å²) in [6.45, 7) is 2.87. The lowest BCUT2D eigenvalue weighted by molar-refractivity contribution is 0.657. The standard InChI is InChI=1S/C17H20N4/c1-4-8-16-13(5-1)11-18-9-10-21(16)17-14-6-2-3-7-15(14)19-12-20-17/h1,4-5,8,12,18H,2-3,6-7,9-11H2. The molecule has 21 heavy (non-hydrogen) atoms. The highest BCUT2D eigenvalue weighted by Crippen LogP contribution is 2.33. The molecule has 0 unspecified atom stereocenters. The molecule has 2 aliphatic rings. The number of rotatable bonds is 1. The molecule has 1 aromatic carbocycles. The van der Waals surface area contributed by atoms with Crippen molar-refractivity contribution >= 4 is 11.5 Å². The van der Waals surface area contributed by atoms with Crippen LogP contribution in [0.5, 0.6) is 0 Å². The van der Waals surface area contributed by atoms with Crippen LogP contribution in [0, 0.1) is 0 Å². The predicted molar refractivity (Wildman–Crippen MR) is 83.8 cm³/mol. The quantitative estimate of drug-likeness (QED) is 0.872. The third-order valence-corrected chi connectivity index (χ3v) is 4.47.